The van der Waals surface area contributed by atoms with E-state index in [0.29, 0.717) is 12.1 Å². The summed E-state index contributed by atoms with van der Waals surface area (Å²) in [6.07, 6.45) is 3.34. The van der Waals surface area contributed by atoms with Crippen LogP contribution < -0.4 is 5.32 Å². The number of benzene rings is 1. The van der Waals surface area contributed by atoms with Crippen LogP contribution in [0.1, 0.15) is 49.7 Å². The first kappa shape index (κ1) is 15.4. The van der Waals surface area contributed by atoms with E-state index >= 15 is 0 Å². The molecule has 112 valence electrons. The summed E-state index contributed by atoms with van der Waals surface area (Å²) in [4.78, 5) is 0. The third-order valence-corrected chi connectivity index (χ3v) is 4.08. The molecular formula is C16H22F3N. The average molecular weight is 285 g/mol. The second-order valence-electron chi connectivity index (χ2n) is 5.62. The fourth-order valence-corrected chi connectivity index (χ4v) is 2.99. The van der Waals surface area contributed by atoms with Crippen LogP contribution in [0.3, 0.4) is 0 Å². The first-order valence-electron chi connectivity index (χ1n) is 7.43. The molecule has 0 saturated heterocycles. The molecule has 0 atom stereocenters. The van der Waals surface area contributed by atoms with Gasteiger partial charge in [-0.2, -0.15) is 13.2 Å². The van der Waals surface area contributed by atoms with Crippen LogP contribution in [-0.4, -0.2) is 6.54 Å². The molecule has 1 aromatic carbocycles. The van der Waals surface area contributed by atoms with E-state index in [-0.39, 0.29) is 0 Å². The second kappa shape index (κ2) is 7.11. The first-order chi connectivity index (χ1) is 9.57. The lowest BCUT2D eigenvalue weighted by Crippen LogP contribution is -2.19. The van der Waals surface area contributed by atoms with Gasteiger partial charge in [-0.05, 0) is 36.9 Å². The van der Waals surface area contributed by atoms with Crippen molar-refractivity contribution in [2.45, 2.75) is 51.2 Å². The van der Waals surface area contributed by atoms with Crippen LogP contribution in [0.4, 0.5) is 13.2 Å². The highest BCUT2D eigenvalue weighted by Gasteiger charge is 2.32. The molecule has 0 spiro atoms. The molecule has 2 rings (SSSR count). The van der Waals surface area contributed by atoms with Crippen molar-refractivity contribution in [2.24, 2.45) is 5.92 Å². The number of hydrogen-bond donors (Lipinski definition) is 1. The third-order valence-electron chi connectivity index (χ3n) is 4.08. The van der Waals surface area contributed by atoms with Crippen molar-refractivity contribution < 1.29 is 13.2 Å². The summed E-state index contributed by atoms with van der Waals surface area (Å²) in [6.45, 7) is 1.09. The lowest BCUT2D eigenvalue weighted by atomic mass is 10.0. The normalized spacial score (nSPS) is 16.8. The van der Waals surface area contributed by atoms with Crippen molar-refractivity contribution in [3.05, 3.63) is 35.4 Å². The van der Waals surface area contributed by atoms with Gasteiger partial charge in [0.05, 0.1) is 5.56 Å². The Kier molecular flexibility index (Phi) is 5.46. The number of halogens is 3. The van der Waals surface area contributed by atoms with Crippen molar-refractivity contribution in [3.63, 3.8) is 0 Å². The van der Waals surface area contributed by atoms with Crippen LogP contribution in [0.5, 0.6) is 0 Å². The molecule has 1 aliphatic carbocycles. The Bertz CT molecular complexity index is 408. The summed E-state index contributed by atoms with van der Waals surface area (Å²) in [6, 6.07) is 5.79. The van der Waals surface area contributed by atoms with Gasteiger partial charge in [-0.15, -0.1) is 0 Å². The summed E-state index contributed by atoms with van der Waals surface area (Å²) in [5.41, 5.74) is -0.191. The molecule has 0 amide bonds. The van der Waals surface area contributed by atoms with Crippen LogP contribution in [-0.2, 0) is 12.7 Å². The van der Waals surface area contributed by atoms with Gasteiger partial charge in [0.25, 0.3) is 0 Å². The van der Waals surface area contributed by atoms with Crippen molar-refractivity contribution in [2.75, 3.05) is 6.54 Å². The van der Waals surface area contributed by atoms with E-state index in [1.165, 1.54) is 38.2 Å². The Morgan fingerprint density at radius 1 is 1.10 bits per heavy atom. The van der Waals surface area contributed by atoms with Gasteiger partial charge < -0.3 is 5.32 Å². The molecule has 4 heteroatoms. The van der Waals surface area contributed by atoms with E-state index in [9.17, 15) is 13.2 Å². The molecule has 0 bridgehead atoms. The van der Waals surface area contributed by atoms with Gasteiger partial charge in [0.15, 0.2) is 0 Å². The van der Waals surface area contributed by atoms with E-state index in [1.54, 1.807) is 12.1 Å². The molecule has 20 heavy (non-hydrogen) atoms. The fourth-order valence-electron chi connectivity index (χ4n) is 2.99. The minimum atomic E-state index is -4.26. The van der Waals surface area contributed by atoms with Gasteiger partial charge >= 0.3 is 6.18 Å². The average Bonchev–Trinajstić information content (AvgIpc) is 2.91. The maximum atomic E-state index is 12.8. The largest absolute Gasteiger partial charge is 0.416 e. The zero-order chi connectivity index (χ0) is 14.4. The highest BCUT2D eigenvalue weighted by atomic mass is 19.4. The predicted octanol–water partition coefficient (Wildman–Crippen LogP) is 4.77. The number of alkyl halides is 3. The van der Waals surface area contributed by atoms with Crippen molar-refractivity contribution in [1.29, 1.82) is 0 Å². The summed E-state index contributed by atoms with van der Waals surface area (Å²) in [5, 5.41) is 3.14. The van der Waals surface area contributed by atoms with Crippen molar-refractivity contribution in [3.8, 4) is 0 Å². The number of rotatable bonds is 6. The molecule has 1 nitrogen and oxygen atoms in total. The van der Waals surface area contributed by atoms with Gasteiger partial charge in [0.1, 0.15) is 0 Å². The summed E-state index contributed by atoms with van der Waals surface area (Å²) in [5.74, 6) is 0.847. The molecule has 0 radical (unpaired) electrons. The van der Waals surface area contributed by atoms with Crippen LogP contribution in [0, 0.1) is 5.92 Å². The lowest BCUT2D eigenvalue weighted by Gasteiger charge is -2.13. The molecule has 0 unspecified atom stereocenters. The van der Waals surface area contributed by atoms with Gasteiger partial charge in [-0.1, -0.05) is 43.9 Å². The van der Waals surface area contributed by atoms with E-state index in [1.807, 2.05) is 0 Å². The van der Waals surface area contributed by atoms with Crippen LogP contribution >= 0.6 is 0 Å². The van der Waals surface area contributed by atoms with Crippen molar-refractivity contribution in [1.82, 2.24) is 5.32 Å². The van der Waals surface area contributed by atoms with Crippen molar-refractivity contribution >= 4 is 0 Å². The molecule has 0 aromatic heterocycles. The number of nitrogens with one attached hydrogen (secondary N) is 1. The standard InChI is InChI=1S/C16H22F3N/c17-16(18,19)15-10-4-3-9-14(15)12-20-11-5-8-13-6-1-2-7-13/h3-4,9-10,13,20H,1-2,5-8,11-12H2. The molecule has 1 N–H and O–H groups in total. The van der Waals surface area contributed by atoms with E-state index < -0.39 is 11.7 Å². The van der Waals surface area contributed by atoms with Gasteiger partial charge in [0, 0.05) is 6.54 Å². The van der Waals surface area contributed by atoms with Crippen LogP contribution in [0.2, 0.25) is 0 Å². The second-order valence-corrected chi connectivity index (χ2v) is 5.62. The Hall–Kier alpha value is -1.03. The lowest BCUT2D eigenvalue weighted by molar-refractivity contribution is -0.138. The van der Waals surface area contributed by atoms with Gasteiger partial charge in [0.2, 0.25) is 0 Å². The SMILES string of the molecule is FC(F)(F)c1ccccc1CNCCCC1CCCC1. The zero-order valence-electron chi connectivity index (χ0n) is 11.7. The molecule has 0 aliphatic heterocycles. The maximum absolute atomic E-state index is 12.8. The first-order valence-corrected chi connectivity index (χ1v) is 7.43. The van der Waals surface area contributed by atoms with E-state index in [0.717, 1.165) is 24.9 Å². The third kappa shape index (κ3) is 4.51. The highest BCUT2D eigenvalue weighted by molar-refractivity contribution is 5.29. The Morgan fingerprint density at radius 2 is 1.80 bits per heavy atom. The summed E-state index contributed by atoms with van der Waals surface area (Å²) >= 11 is 0. The Balaban J connectivity index is 1.73. The predicted molar refractivity (Wildman–Crippen MR) is 74.3 cm³/mol. The maximum Gasteiger partial charge on any atom is 0.416 e. The minimum Gasteiger partial charge on any atom is -0.313 e. The molecule has 1 saturated carbocycles. The highest BCUT2D eigenvalue weighted by Crippen LogP contribution is 2.32. The summed E-state index contributed by atoms with van der Waals surface area (Å²) in [7, 11) is 0. The quantitative estimate of drug-likeness (QED) is 0.743. The minimum absolute atomic E-state index is 0.292. The van der Waals surface area contributed by atoms with E-state index in [2.05, 4.69) is 5.32 Å². The molecule has 1 aliphatic rings. The fraction of sp³-hybridized carbons (Fsp3) is 0.625. The smallest absolute Gasteiger partial charge is 0.313 e. The molecular weight excluding hydrogens is 263 g/mol. The molecule has 1 aromatic rings. The number of hydrogen-bond acceptors (Lipinski definition) is 1. The topological polar surface area (TPSA) is 12.0 Å². The van der Waals surface area contributed by atoms with E-state index in [4.69, 9.17) is 0 Å². The molecule has 1 fully saturated rings. The van der Waals surface area contributed by atoms with Gasteiger partial charge in [-0.3, -0.25) is 0 Å². The Morgan fingerprint density at radius 3 is 2.50 bits per heavy atom. The summed E-state index contributed by atoms with van der Waals surface area (Å²) < 4.78 is 38.4. The van der Waals surface area contributed by atoms with Crippen LogP contribution in [0.25, 0.3) is 0 Å². The van der Waals surface area contributed by atoms with Gasteiger partial charge in [-0.25, -0.2) is 0 Å². The Labute approximate surface area is 118 Å². The molecule has 0 heterocycles. The zero-order valence-corrected chi connectivity index (χ0v) is 11.7. The monoisotopic (exact) mass is 285 g/mol. The van der Waals surface area contributed by atoms with Crippen LogP contribution in [0.15, 0.2) is 24.3 Å².